The molecule has 1 aromatic heterocycles. The molecule has 0 unspecified atom stereocenters. The molecule has 0 atom stereocenters. The third kappa shape index (κ3) is 4.99. The number of pyridine rings is 1. The van der Waals surface area contributed by atoms with Gasteiger partial charge in [0.05, 0.1) is 0 Å². The lowest BCUT2D eigenvalue weighted by molar-refractivity contribution is -0.138. The van der Waals surface area contributed by atoms with Gasteiger partial charge in [0.1, 0.15) is 4.90 Å². The van der Waals surface area contributed by atoms with Crippen molar-refractivity contribution in [2.24, 2.45) is 5.92 Å². The zero-order valence-corrected chi connectivity index (χ0v) is 19.1. The Morgan fingerprint density at radius 3 is 2.32 bits per heavy atom. The number of piperidine rings is 1. The second-order valence-electron chi connectivity index (χ2n) is 8.96. The highest BCUT2D eigenvalue weighted by atomic mass is 32.2. The molecule has 2 aliphatic rings. The van der Waals surface area contributed by atoms with Crippen LogP contribution >= 0.6 is 0 Å². The van der Waals surface area contributed by atoms with Crippen LogP contribution in [0.1, 0.15) is 56.6 Å². The first kappa shape index (κ1) is 22.0. The summed E-state index contributed by atoms with van der Waals surface area (Å²) >= 11 is 0. The highest BCUT2D eigenvalue weighted by Crippen LogP contribution is 2.33. The number of hydrogen-bond donors (Lipinski definition) is 0. The molecule has 0 radical (unpaired) electrons. The van der Waals surface area contributed by atoms with Crippen LogP contribution in [0.3, 0.4) is 0 Å². The average Bonchev–Trinajstić information content (AvgIpc) is 3.63. The van der Waals surface area contributed by atoms with Gasteiger partial charge >= 0.3 is 0 Å². The van der Waals surface area contributed by atoms with Gasteiger partial charge in [0.25, 0.3) is 0 Å². The first-order valence-electron chi connectivity index (χ1n) is 11.2. The molecule has 7 heteroatoms. The quantitative estimate of drug-likeness (QED) is 0.655. The van der Waals surface area contributed by atoms with Gasteiger partial charge in [-0.05, 0) is 54.9 Å². The number of benzene rings is 1. The summed E-state index contributed by atoms with van der Waals surface area (Å²) in [6.07, 6.45) is 6.19. The number of carbonyl (C=O) groups excluding carboxylic acids is 1. The van der Waals surface area contributed by atoms with Gasteiger partial charge in [-0.1, -0.05) is 38.1 Å². The fourth-order valence-corrected chi connectivity index (χ4v) is 5.64. The molecular weight excluding hydrogens is 410 g/mol. The maximum atomic E-state index is 13.3. The van der Waals surface area contributed by atoms with E-state index in [9.17, 15) is 13.2 Å². The third-order valence-electron chi connectivity index (χ3n) is 6.35. The highest BCUT2D eigenvalue weighted by Gasteiger charge is 2.38. The van der Waals surface area contributed by atoms with E-state index in [-0.39, 0.29) is 16.7 Å². The number of aromatic nitrogens is 1. The summed E-state index contributed by atoms with van der Waals surface area (Å²) in [7, 11) is -3.55. The molecule has 1 saturated carbocycles. The fraction of sp³-hybridized carbons (Fsp3) is 0.500. The minimum atomic E-state index is -3.55. The van der Waals surface area contributed by atoms with Crippen molar-refractivity contribution < 1.29 is 13.2 Å². The van der Waals surface area contributed by atoms with Crippen molar-refractivity contribution >= 4 is 15.9 Å². The average molecular weight is 442 g/mol. The van der Waals surface area contributed by atoms with Crippen LogP contribution < -0.4 is 0 Å². The van der Waals surface area contributed by atoms with Crippen LogP contribution in [0.2, 0.25) is 0 Å². The molecule has 1 aromatic carbocycles. The van der Waals surface area contributed by atoms with Gasteiger partial charge in [-0.2, -0.15) is 4.31 Å². The SMILES string of the molecule is CC(C)c1ccc(CN(C(=O)C2CCN(S(=O)(=O)c3cccnc3)CC2)C2CC2)cc1. The number of amides is 1. The Hall–Kier alpha value is -2.25. The summed E-state index contributed by atoms with van der Waals surface area (Å²) in [6, 6.07) is 12.1. The van der Waals surface area contributed by atoms with Crippen LogP contribution in [-0.4, -0.2) is 47.6 Å². The van der Waals surface area contributed by atoms with E-state index in [1.165, 1.54) is 16.1 Å². The predicted molar refractivity (Wildman–Crippen MR) is 120 cm³/mol. The molecular formula is C24H31N3O3S. The van der Waals surface area contributed by atoms with Gasteiger partial charge in [0.15, 0.2) is 0 Å². The lowest BCUT2D eigenvalue weighted by Gasteiger charge is -2.34. The Bertz CT molecular complexity index is 994. The molecule has 2 fully saturated rings. The van der Waals surface area contributed by atoms with Crippen molar-refractivity contribution in [1.29, 1.82) is 0 Å². The molecule has 1 saturated heterocycles. The largest absolute Gasteiger partial charge is 0.335 e. The van der Waals surface area contributed by atoms with E-state index in [1.54, 1.807) is 18.3 Å². The van der Waals surface area contributed by atoms with Crippen molar-refractivity contribution in [2.75, 3.05) is 13.1 Å². The van der Waals surface area contributed by atoms with Gasteiger partial charge in [0.2, 0.25) is 15.9 Å². The Morgan fingerprint density at radius 2 is 1.77 bits per heavy atom. The van der Waals surface area contributed by atoms with Gasteiger partial charge in [0, 0.05) is 44.0 Å². The second-order valence-corrected chi connectivity index (χ2v) is 10.9. The molecule has 2 aromatic rings. The monoisotopic (exact) mass is 441 g/mol. The Labute approximate surface area is 185 Å². The number of hydrogen-bond acceptors (Lipinski definition) is 4. The van der Waals surface area contributed by atoms with Crippen LogP contribution in [0.4, 0.5) is 0 Å². The molecule has 0 N–H and O–H groups in total. The normalized spacial score (nSPS) is 18.3. The van der Waals surface area contributed by atoms with Crippen molar-refractivity contribution in [3.63, 3.8) is 0 Å². The highest BCUT2D eigenvalue weighted by molar-refractivity contribution is 7.89. The Kier molecular flexibility index (Phi) is 6.44. The third-order valence-corrected chi connectivity index (χ3v) is 8.23. The van der Waals surface area contributed by atoms with E-state index in [0.717, 1.165) is 18.4 Å². The second kappa shape index (κ2) is 9.09. The molecule has 1 aliphatic carbocycles. The molecule has 1 amide bonds. The van der Waals surface area contributed by atoms with Crippen molar-refractivity contribution in [1.82, 2.24) is 14.2 Å². The summed E-state index contributed by atoms with van der Waals surface area (Å²) < 4.78 is 27.1. The van der Waals surface area contributed by atoms with Gasteiger partial charge in [-0.25, -0.2) is 8.42 Å². The summed E-state index contributed by atoms with van der Waals surface area (Å²) in [5.74, 6) is 0.549. The molecule has 166 valence electrons. The van der Waals surface area contributed by atoms with Crippen molar-refractivity contribution in [3.05, 3.63) is 59.9 Å². The fourth-order valence-electron chi connectivity index (χ4n) is 4.20. The predicted octanol–water partition coefficient (Wildman–Crippen LogP) is 3.80. The van der Waals surface area contributed by atoms with Crippen LogP contribution in [0.5, 0.6) is 0 Å². The molecule has 1 aliphatic heterocycles. The minimum absolute atomic E-state index is 0.115. The topological polar surface area (TPSA) is 70.6 Å². The number of sulfonamides is 1. The summed E-state index contributed by atoms with van der Waals surface area (Å²) in [6.45, 7) is 5.73. The maximum absolute atomic E-state index is 13.3. The molecule has 2 heterocycles. The molecule has 0 bridgehead atoms. The van der Waals surface area contributed by atoms with E-state index < -0.39 is 10.0 Å². The van der Waals surface area contributed by atoms with E-state index in [1.807, 2.05) is 4.90 Å². The van der Waals surface area contributed by atoms with Crippen LogP contribution in [0.15, 0.2) is 53.7 Å². The summed E-state index contributed by atoms with van der Waals surface area (Å²) in [5, 5.41) is 0. The van der Waals surface area contributed by atoms with Gasteiger partial charge in [-0.3, -0.25) is 9.78 Å². The lowest BCUT2D eigenvalue weighted by Crippen LogP contribution is -2.44. The van der Waals surface area contributed by atoms with E-state index >= 15 is 0 Å². The number of nitrogens with zero attached hydrogens (tertiary/aromatic N) is 3. The van der Waals surface area contributed by atoms with E-state index in [4.69, 9.17) is 0 Å². The van der Waals surface area contributed by atoms with Crippen LogP contribution in [-0.2, 0) is 21.4 Å². The Balaban J connectivity index is 1.39. The molecule has 31 heavy (non-hydrogen) atoms. The standard InChI is InChI=1S/C24H31N3O3S/c1-18(2)20-7-5-19(6-8-20)17-27(22-9-10-22)24(28)21-11-14-26(15-12-21)31(29,30)23-4-3-13-25-16-23/h3-8,13,16,18,21-22H,9-12,14-15,17H2,1-2H3. The summed E-state index contributed by atoms with van der Waals surface area (Å²) in [5.41, 5.74) is 2.46. The van der Waals surface area contributed by atoms with Gasteiger partial charge in [-0.15, -0.1) is 0 Å². The van der Waals surface area contributed by atoms with Gasteiger partial charge < -0.3 is 4.90 Å². The number of carbonyl (C=O) groups is 1. The lowest BCUT2D eigenvalue weighted by atomic mass is 9.96. The van der Waals surface area contributed by atoms with Crippen molar-refractivity contribution in [3.8, 4) is 0 Å². The zero-order chi connectivity index (χ0) is 22.0. The number of rotatable bonds is 7. The van der Waals surface area contributed by atoms with E-state index in [0.29, 0.717) is 44.4 Å². The first-order chi connectivity index (χ1) is 14.9. The minimum Gasteiger partial charge on any atom is -0.335 e. The molecule has 6 nitrogen and oxygen atoms in total. The molecule has 0 spiro atoms. The Morgan fingerprint density at radius 1 is 1.10 bits per heavy atom. The smallest absolute Gasteiger partial charge is 0.244 e. The molecule has 4 rings (SSSR count). The van der Waals surface area contributed by atoms with Crippen LogP contribution in [0.25, 0.3) is 0 Å². The van der Waals surface area contributed by atoms with Crippen molar-refractivity contribution in [2.45, 2.75) is 62.9 Å². The van der Waals surface area contributed by atoms with Crippen LogP contribution in [0, 0.1) is 5.92 Å². The van der Waals surface area contributed by atoms with E-state index in [2.05, 4.69) is 43.1 Å². The first-order valence-corrected chi connectivity index (χ1v) is 12.6. The summed E-state index contributed by atoms with van der Waals surface area (Å²) in [4.78, 5) is 19.5. The maximum Gasteiger partial charge on any atom is 0.244 e. The zero-order valence-electron chi connectivity index (χ0n) is 18.3.